The summed E-state index contributed by atoms with van der Waals surface area (Å²) < 4.78 is 1.82. The molecule has 2 saturated heterocycles. The summed E-state index contributed by atoms with van der Waals surface area (Å²) >= 11 is 0. The summed E-state index contributed by atoms with van der Waals surface area (Å²) in [6.45, 7) is 4.44. The van der Waals surface area contributed by atoms with Crippen LogP contribution in [0, 0.1) is 5.92 Å². The molecule has 1 saturated carbocycles. The van der Waals surface area contributed by atoms with E-state index < -0.39 is 0 Å². The molecule has 4 rings (SSSR count). The standard InChI is InChI=1S/C19H29N5O2/c1-21-10-11-24(18(26)13-22-9-7-20-15-22)14-19(21)5-4-17(25)23(8-6-19)12-16-2-3-16/h7,9,15-16H,2-6,8,10-14H2,1H3/t19-/m1/s1. The Balaban J connectivity index is 1.43. The minimum absolute atomic E-state index is 0.0726. The van der Waals surface area contributed by atoms with E-state index >= 15 is 0 Å². The van der Waals surface area contributed by atoms with Crippen LogP contribution in [0.2, 0.25) is 0 Å². The fourth-order valence-corrected chi connectivity index (χ4v) is 4.35. The van der Waals surface area contributed by atoms with Gasteiger partial charge in [0.05, 0.1) is 6.33 Å². The lowest BCUT2D eigenvalue weighted by atomic mass is 9.86. The number of carbonyl (C=O) groups is 2. The first-order valence-corrected chi connectivity index (χ1v) is 9.78. The molecule has 0 N–H and O–H groups in total. The second-order valence-corrected chi connectivity index (χ2v) is 8.23. The summed E-state index contributed by atoms with van der Waals surface area (Å²) in [5.74, 6) is 1.16. The highest BCUT2D eigenvalue weighted by Gasteiger charge is 2.43. The Bertz CT molecular complexity index is 657. The van der Waals surface area contributed by atoms with E-state index in [0.29, 0.717) is 18.9 Å². The van der Waals surface area contributed by atoms with E-state index in [1.54, 1.807) is 12.5 Å². The number of hydrogen-bond acceptors (Lipinski definition) is 4. The fourth-order valence-electron chi connectivity index (χ4n) is 4.35. The largest absolute Gasteiger partial charge is 0.342 e. The third-order valence-corrected chi connectivity index (χ3v) is 6.41. The number of amides is 2. The predicted molar refractivity (Wildman–Crippen MR) is 97.3 cm³/mol. The smallest absolute Gasteiger partial charge is 0.242 e. The van der Waals surface area contributed by atoms with Crippen molar-refractivity contribution in [3.05, 3.63) is 18.7 Å². The molecule has 3 heterocycles. The summed E-state index contributed by atoms with van der Waals surface area (Å²) in [6, 6.07) is 0. The topological polar surface area (TPSA) is 61.7 Å². The molecule has 2 aliphatic heterocycles. The van der Waals surface area contributed by atoms with E-state index in [1.807, 2.05) is 15.7 Å². The summed E-state index contributed by atoms with van der Waals surface area (Å²) in [4.78, 5) is 35.8. The Hall–Kier alpha value is -1.89. The number of likely N-dealkylation sites (N-methyl/N-ethyl adjacent to an activating group) is 1. The molecule has 0 bridgehead atoms. The predicted octanol–water partition coefficient (Wildman–Crippen LogP) is 0.818. The summed E-state index contributed by atoms with van der Waals surface area (Å²) in [6.07, 6.45) is 10.1. The maximum Gasteiger partial charge on any atom is 0.242 e. The molecule has 7 nitrogen and oxygen atoms in total. The molecular formula is C19H29N5O2. The van der Waals surface area contributed by atoms with Gasteiger partial charge in [-0.2, -0.15) is 0 Å². The van der Waals surface area contributed by atoms with Crippen molar-refractivity contribution in [2.24, 2.45) is 5.92 Å². The van der Waals surface area contributed by atoms with Gasteiger partial charge in [-0.05, 0) is 38.6 Å². The highest BCUT2D eigenvalue weighted by Crippen LogP contribution is 2.35. The Morgan fingerprint density at radius 1 is 1.27 bits per heavy atom. The first-order valence-electron chi connectivity index (χ1n) is 9.78. The van der Waals surface area contributed by atoms with Gasteiger partial charge in [0.2, 0.25) is 11.8 Å². The van der Waals surface area contributed by atoms with Crippen LogP contribution < -0.4 is 0 Å². The lowest BCUT2D eigenvalue weighted by Crippen LogP contribution is -2.62. The molecule has 2 amide bonds. The Kier molecular flexibility index (Phi) is 4.73. The quantitative estimate of drug-likeness (QED) is 0.799. The van der Waals surface area contributed by atoms with Crippen molar-refractivity contribution in [1.29, 1.82) is 0 Å². The van der Waals surface area contributed by atoms with Gasteiger partial charge in [-0.25, -0.2) is 4.98 Å². The molecule has 142 valence electrons. The van der Waals surface area contributed by atoms with Crippen LogP contribution in [0.15, 0.2) is 18.7 Å². The third-order valence-electron chi connectivity index (χ3n) is 6.41. The number of carbonyl (C=O) groups excluding carboxylic acids is 2. The van der Waals surface area contributed by atoms with Crippen LogP contribution >= 0.6 is 0 Å². The Labute approximate surface area is 154 Å². The van der Waals surface area contributed by atoms with Gasteiger partial charge in [0, 0.05) is 57.1 Å². The molecule has 26 heavy (non-hydrogen) atoms. The summed E-state index contributed by atoms with van der Waals surface area (Å²) in [5, 5.41) is 0. The van der Waals surface area contributed by atoms with Gasteiger partial charge >= 0.3 is 0 Å². The molecule has 1 spiro atoms. The zero-order valence-corrected chi connectivity index (χ0v) is 15.6. The van der Waals surface area contributed by atoms with Gasteiger partial charge in [-0.3, -0.25) is 14.5 Å². The van der Waals surface area contributed by atoms with E-state index in [1.165, 1.54) is 12.8 Å². The van der Waals surface area contributed by atoms with E-state index in [9.17, 15) is 9.59 Å². The molecule has 1 aromatic rings. The lowest BCUT2D eigenvalue weighted by Gasteiger charge is -2.49. The van der Waals surface area contributed by atoms with Crippen LogP contribution in [0.4, 0.5) is 0 Å². The van der Waals surface area contributed by atoms with Crippen molar-refractivity contribution in [2.75, 3.05) is 39.8 Å². The van der Waals surface area contributed by atoms with Gasteiger partial charge in [0.15, 0.2) is 0 Å². The molecule has 1 aromatic heterocycles. The summed E-state index contributed by atoms with van der Waals surface area (Å²) in [7, 11) is 2.15. The number of likely N-dealkylation sites (tertiary alicyclic amines) is 1. The Morgan fingerprint density at radius 2 is 2.12 bits per heavy atom. The molecule has 3 fully saturated rings. The van der Waals surface area contributed by atoms with Crippen LogP contribution in [0.3, 0.4) is 0 Å². The average Bonchev–Trinajstić information content (AvgIpc) is 3.34. The van der Waals surface area contributed by atoms with Crippen molar-refractivity contribution in [3.8, 4) is 0 Å². The van der Waals surface area contributed by atoms with Crippen LogP contribution in [0.25, 0.3) is 0 Å². The van der Waals surface area contributed by atoms with Crippen molar-refractivity contribution in [3.63, 3.8) is 0 Å². The maximum absolute atomic E-state index is 12.7. The van der Waals surface area contributed by atoms with Gasteiger partial charge in [0.25, 0.3) is 0 Å². The maximum atomic E-state index is 12.7. The monoisotopic (exact) mass is 359 g/mol. The van der Waals surface area contributed by atoms with Gasteiger partial charge in [0.1, 0.15) is 6.54 Å². The molecular weight excluding hydrogens is 330 g/mol. The molecule has 3 aliphatic rings. The zero-order chi connectivity index (χ0) is 18.1. The first-order chi connectivity index (χ1) is 12.6. The van der Waals surface area contributed by atoms with E-state index in [4.69, 9.17) is 0 Å². The van der Waals surface area contributed by atoms with Crippen molar-refractivity contribution >= 4 is 11.8 Å². The average molecular weight is 359 g/mol. The minimum atomic E-state index is -0.0726. The zero-order valence-electron chi connectivity index (χ0n) is 15.6. The lowest BCUT2D eigenvalue weighted by molar-refractivity contribution is -0.137. The molecule has 0 radical (unpaired) electrons. The van der Waals surface area contributed by atoms with Crippen LogP contribution in [0.1, 0.15) is 32.1 Å². The van der Waals surface area contributed by atoms with Crippen molar-refractivity contribution in [2.45, 2.75) is 44.2 Å². The van der Waals surface area contributed by atoms with Gasteiger partial charge in [-0.1, -0.05) is 0 Å². The van der Waals surface area contributed by atoms with E-state index in [-0.39, 0.29) is 11.4 Å². The number of hydrogen-bond donors (Lipinski definition) is 0. The number of aromatic nitrogens is 2. The molecule has 7 heteroatoms. The first kappa shape index (κ1) is 17.5. The number of nitrogens with zero attached hydrogens (tertiary/aromatic N) is 5. The number of imidazole rings is 1. The number of rotatable bonds is 4. The molecule has 1 aliphatic carbocycles. The van der Waals surface area contributed by atoms with E-state index in [2.05, 4.69) is 21.8 Å². The highest BCUT2D eigenvalue weighted by molar-refractivity contribution is 5.77. The van der Waals surface area contributed by atoms with Crippen LogP contribution in [0.5, 0.6) is 0 Å². The van der Waals surface area contributed by atoms with E-state index in [0.717, 1.165) is 51.5 Å². The van der Waals surface area contributed by atoms with Gasteiger partial charge in [-0.15, -0.1) is 0 Å². The van der Waals surface area contributed by atoms with Crippen LogP contribution in [-0.2, 0) is 16.1 Å². The fraction of sp³-hybridized carbons (Fsp3) is 0.737. The normalized spacial score (nSPS) is 27.8. The van der Waals surface area contributed by atoms with Crippen molar-refractivity contribution in [1.82, 2.24) is 24.3 Å². The van der Waals surface area contributed by atoms with Crippen LogP contribution in [-0.4, -0.2) is 81.4 Å². The minimum Gasteiger partial charge on any atom is -0.342 e. The summed E-state index contributed by atoms with van der Waals surface area (Å²) in [5.41, 5.74) is -0.0726. The molecule has 1 atom stereocenters. The molecule has 0 unspecified atom stereocenters. The Morgan fingerprint density at radius 3 is 2.85 bits per heavy atom. The second-order valence-electron chi connectivity index (χ2n) is 8.23. The molecule has 0 aromatic carbocycles. The number of piperazine rings is 1. The third kappa shape index (κ3) is 3.63. The van der Waals surface area contributed by atoms with Crippen molar-refractivity contribution < 1.29 is 9.59 Å². The SMILES string of the molecule is CN1CCN(C(=O)Cn2ccnc2)C[C@]12CCC(=O)N(CC1CC1)CC2. The highest BCUT2D eigenvalue weighted by atomic mass is 16.2. The second kappa shape index (κ2) is 7.02. The van der Waals surface area contributed by atoms with Gasteiger partial charge < -0.3 is 14.4 Å².